The van der Waals surface area contributed by atoms with Crippen LogP contribution in [0.2, 0.25) is 0 Å². The maximum absolute atomic E-state index is 3.79. The Morgan fingerprint density at radius 3 is 1.87 bits per heavy atom. The van der Waals surface area contributed by atoms with Crippen molar-refractivity contribution in [3.05, 3.63) is 0 Å². The van der Waals surface area contributed by atoms with Crippen molar-refractivity contribution in [1.29, 1.82) is 0 Å². The Balaban J connectivity index is 0.00000112. The predicted octanol–water partition coefficient (Wildman–Crippen LogP) is 3.91. The maximum atomic E-state index is 3.79. The van der Waals surface area contributed by atoms with Crippen molar-refractivity contribution < 1.29 is 0 Å². The van der Waals surface area contributed by atoms with Gasteiger partial charge in [-0.15, -0.1) is 12.4 Å². The number of halogens is 1. The highest BCUT2D eigenvalue weighted by atomic mass is 35.5. The van der Waals surface area contributed by atoms with Gasteiger partial charge in [0, 0.05) is 6.04 Å². The molecule has 1 nitrogen and oxygen atoms in total. The summed E-state index contributed by atoms with van der Waals surface area (Å²) in [6.45, 7) is 1.31. The highest BCUT2D eigenvalue weighted by molar-refractivity contribution is 5.85. The minimum Gasteiger partial charge on any atom is -0.314 e. The summed E-state index contributed by atoms with van der Waals surface area (Å²) >= 11 is 0. The summed E-state index contributed by atoms with van der Waals surface area (Å²) in [6.07, 6.45) is 14.7. The normalized spacial score (nSPS) is 24.8. The molecule has 0 aromatic heterocycles. The monoisotopic (exact) mass is 231 g/mol. The first kappa shape index (κ1) is 13.3. The molecule has 90 valence electrons. The van der Waals surface area contributed by atoms with Crippen LogP contribution in [0.15, 0.2) is 0 Å². The molecule has 1 N–H and O–H groups in total. The topological polar surface area (TPSA) is 12.0 Å². The zero-order valence-corrected chi connectivity index (χ0v) is 10.7. The smallest absolute Gasteiger partial charge is 0.00671 e. The molecule has 2 saturated carbocycles. The maximum Gasteiger partial charge on any atom is 0.00671 e. The quantitative estimate of drug-likeness (QED) is 0.777. The molecule has 0 radical (unpaired) electrons. The van der Waals surface area contributed by atoms with Gasteiger partial charge in [0.2, 0.25) is 0 Å². The van der Waals surface area contributed by atoms with Crippen molar-refractivity contribution in [3.8, 4) is 0 Å². The van der Waals surface area contributed by atoms with Gasteiger partial charge in [0.05, 0.1) is 0 Å². The third kappa shape index (κ3) is 4.74. The summed E-state index contributed by atoms with van der Waals surface area (Å²) in [6, 6.07) is 0.866. The summed E-state index contributed by atoms with van der Waals surface area (Å²) in [5.41, 5.74) is 0. The van der Waals surface area contributed by atoms with E-state index in [4.69, 9.17) is 0 Å². The van der Waals surface area contributed by atoms with Crippen molar-refractivity contribution in [2.24, 2.45) is 5.92 Å². The molecule has 2 rings (SSSR count). The van der Waals surface area contributed by atoms with Crippen molar-refractivity contribution in [1.82, 2.24) is 5.32 Å². The van der Waals surface area contributed by atoms with Gasteiger partial charge < -0.3 is 5.32 Å². The second-order valence-corrected chi connectivity index (χ2v) is 5.25. The second-order valence-electron chi connectivity index (χ2n) is 5.25. The van der Waals surface area contributed by atoms with Gasteiger partial charge in [-0.05, 0) is 38.1 Å². The Morgan fingerprint density at radius 1 is 0.733 bits per heavy atom. The van der Waals surface area contributed by atoms with Gasteiger partial charge in [-0.1, -0.05) is 38.5 Å². The van der Waals surface area contributed by atoms with E-state index in [1.165, 1.54) is 70.8 Å². The molecule has 2 fully saturated rings. The van der Waals surface area contributed by atoms with E-state index in [-0.39, 0.29) is 12.4 Å². The molecule has 0 saturated heterocycles. The fraction of sp³-hybridized carbons (Fsp3) is 1.00. The van der Waals surface area contributed by atoms with Gasteiger partial charge in [0.25, 0.3) is 0 Å². The highest BCUT2D eigenvalue weighted by Gasteiger charge is 2.16. The molecule has 0 aromatic carbocycles. The third-order valence-electron chi connectivity index (χ3n) is 4.03. The van der Waals surface area contributed by atoms with E-state index in [1.807, 2.05) is 0 Å². The van der Waals surface area contributed by atoms with E-state index >= 15 is 0 Å². The molecule has 0 bridgehead atoms. The van der Waals surface area contributed by atoms with E-state index in [9.17, 15) is 0 Å². The molecule has 2 aliphatic rings. The van der Waals surface area contributed by atoms with Gasteiger partial charge in [0.1, 0.15) is 0 Å². The standard InChI is InChI=1S/C13H25N.ClH/c1-3-7-12(8-4-1)11-14-13-9-5-2-6-10-13;/h12-14H,1-11H2;1H. The van der Waals surface area contributed by atoms with Crippen LogP contribution in [-0.2, 0) is 0 Å². The number of hydrogen-bond donors (Lipinski definition) is 1. The first-order valence-corrected chi connectivity index (χ1v) is 6.68. The van der Waals surface area contributed by atoms with E-state index in [0.29, 0.717) is 0 Å². The predicted molar refractivity (Wildman–Crippen MR) is 68.7 cm³/mol. The van der Waals surface area contributed by atoms with Crippen LogP contribution in [0.3, 0.4) is 0 Å². The third-order valence-corrected chi connectivity index (χ3v) is 4.03. The molecule has 2 aliphatic carbocycles. The van der Waals surface area contributed by atoms with Crippen LogP contribution in [0.25, 0.3) is 0 Å². The summed E-state index contributed by atoms with van der Waals surface area (Å²) in [4.78, 5) is 0. The van der Waals surface area contributed by atoms with Gasteiger partial charge in [-0.25, -0.2) is 0 Å². The lowest BCUT2D eigenvalue weighted by atomic mass is 9.88. The summed E-state index contributed by atoms with van der Waals surface area (Å²) in [5, 5.41) is 3.79. The Kier molecular flexibility index (Phi) is 6.67. The molecule has 0 atom stereocenters. The van der Waals surface area contributed by atoms with E-state index in [1.54, 1.807) is 0 Å². The largest absolute Gasteiger partial charge is 0.314 e. The van der Waals surface area contributed by atoms with Crippen LogP contribution >= 0.6 is 12.4 Å². The molecule has 0 heterocycles. The van der Waals surface area contributed by atoms with Crippen LogP contribution in [0.5, 0.6) is 0 Å². The SMILES string of the molecule is C1CCC(CNC2CCCCC2)CC1.Cl. The molecular weight excluding hydrogens is 206 g/mol. The van der Waals surface area contributed by atoms with E-state index in [2.05, 4.69) is 5.32 Å². The average Bonchev–Trinajstić information content (AvgIpc) is 2.29. The van der Waals surface area contributed by atoms with Gasteiger partial charge in [-0.3, -0.25) is 0 Å². The van der Waals surface area contributed by atoms with Crippen LogP contribution in [-0.4, -0.2) is 12.6 Å². The zero-order chi connectivity index (χ0) is 9.64. The molecule has 0 spiro atoms. The van der Waals surface area contributed by atoms with Gasteiger partial charge in [0.15, 0.2) is 0 Å². The molecule has 0 aromatic rings. The van der Waals surface area contributed by atoms with E-state index in [0.717, 1.165) is 12.0 Å². The van der Waals surface area contributed by atoms with Crippen molar-refractivity contribution in [3.63, 3.8) is 0 Å². The Bertz CT molecular complexity index is 131. The molecule has 2 heteroatoms. The lowest BCUT2D eigenvalue weighted by Crippen LogP contribution is -2.35. The Morgan fingerprint density at radius 2 is 1.27 bits per heavy atom. The number of rotatable bonds is 3. The Labute approximate surface area is 101 Å². The molecule has 15 heavy (non-hydrogen) atoms. The first-order chi connectivity index (χ1) is 6.95. The average molecular weight is 232 g/mol. The second kappa shape index (κ2) is 7.51. The molecule has 0 amide bonds. The summed E-state index contributed by atoms with van der Waals surface area (Å²) in [5.74, 6) is 1.01. The summed E-state index contributed by atoms with van der Waals surface area (Å²) in [7, 11) is 0. The molecule has 0 aliphatic heterocycles. The fourth-order valence-corrected chi connectivity index (χ4v) is 3.03. The number of nitrogens with one attached hydrogen (secondary N) is 1. The van der Waals surface area contributed by atoms with Crippen molar-refractivity contribution in [2.75, 3.05) is 6.54 Å². The Hall–Kier alpha value is 0.250. The van der Waals surface area contributed by atoms with Crippen LogP contribution in [0.1, 0.15) is 64.2 Å². The molecule has 0 unspecified atom stereocenters. The zero-order valence-electron chi connectivity index (χ0n) is 9.84. The molecular formula is C13H26ClN. The lowest BCUT2D eigenvalue weighted by molar-refractivity contribution is 0.300. The van der Waals surface area contributed by atoms with E-state index < -0.39 is 0 Å². The number of hydrogen-bond acceptors (Lipinski definition) is 1. The van der Waals surface area contributed by atoms with Crippen molar-refractivity contribution >= 4 is 12.4 Å². The lowest BCUT2D eigenvalue weighted by Gasteiger charge is -2.27. The minimum absolute atomic E-state index is 0. The fourth-order valence-electron chi connectivity index (χ4n) is 3.03. The highest BCUT2D eigenvalue weighted by Crippen LogP contribution is 2.24. The van der Waals surface area contributed by atoms with Crippen molar-refractivity contribution in [2.45, 2.75) is 70.3 Å². The summed E-state index contributed by atoms with van der Waals surface area (Å²) < 4.78 is 0. The van der Waals surface area contributed by atoms with Crippen LogP contribution < -0.4 is 5.32 Å². The first-order valence-electron chi connectivity index (χ1n) is 6.68. The van der Waals surface area contributed by atoms with Crippen LogP contribution in [0.4, 0.5) is 0 Å². The van der Waals surface area contributed by atoms with Crippen LogP contribution in [0, 0.1) is 5.92 Å². The van der Waals surface area contributed by atoms with Gasteiger partial charge >= 0.3 is 0 Å². The van der Waals surface area contributed by atoms with Gasteiger partial charge in [-0.2, -0.15) is 0 Å². The minimum atomic E-state index is 0.